The van der Waals surface area contributed by atoms with E-state index < -0.39 is 29.7 Å². The summed E-state index contributed by atoms with van der Waals surface area (Å²) in [5.41, 5.74) is 11.8. The fourth-order valence-electron chi connectivity index (χ4n) is 2.25. The zero-order valence-electron chi connectivity index (χ0n) is 12.8. The second kappa shape index (κ2) is 7.44. The molecule has 7 heteroatoms. The highest BCUT2D eigenvalue weighted by Crippen LogP contribution is 2.31. The highest BCUT2D eigenvalue weighted by Gasteiger charge is 2.29. The molecular formula is C15H20N2O5. The van der Waals surface area contributed by atoms with Crippen LogP contribution in [0, 0.1) is 5.92 Å². The van der Waals surface area contributed by atoms with Crippen molar-refractivity contribution >= 4 is 23.5 Å². The molecule has 1 amide bonds. The van der Waals surface area contributed by atoms with E-state index in [-0.39, 0.29) is 17.7 Å². The van der Waals surface area contributed by atoms with Crippen molar-refractivity contribution in [1.82, 2.24) is 0 Å². The zero-order valence-corrected chi connectivity index (χ0v) is 12.8. The molecule has 0 unspecified atom stereocenters. The van der Waals surface area contributed by atoms with Gasteiger partial charge in [-0.05, 0) is 18.1 Å². The molecule has 22 heavy (non-hydrogen) atoms. The first-order chi connectivity index (χ1) is 10.3. The number of benzene rings is 1. The van der Waals surface area contributed by atoms with Crippen LogP contribution < -0.4 is 11.5 Å². The van der Waals surface area contributed by atoms with E-state index in [1.165, 1.54) is 20.3 Å². The van der Waals surface area contributed by atoms with E-state index >= 15 is 0 Å². The number of nitrogen functional groups attached to an aromatic ring is 1. The minimum Gasteiger partial charge on any atom is -0.469 e. The lowest BCUT2D eigenvalue weighted by Crippen LogP contribution is -2.24. The molecule has 0 aliphatic rings. The van der Waals surface area contributed by atoms with Crippen molar-refractivity contribution in [3.63, 3.8) is 0 Å². The maximum absolute atomic E-state index is 12.0. The quantitative estimate of drug-likeness (QED) is 0.592. The summed E-state index contributed by atoms with van der Waals surface area (Å²) in [4.78, 5) is 35.0. The second-order valence-corrected chi connectivity index (χ2v) is 4.91. The number of anilines is 1. The van der Waals surface area contributed by atoms with E-state index in [2.05, 4.69) is 4.74 Å². The van der Waals surface area contributed by atoms with Gasteiger partial charge in [0.25, 0.3) is 5.91 Å². The van der Waals surface area contributed by atoms with Crippen LogP contribution in [-0.2, 0) is 19.1 Å². The lowest BCUT2D eigenvalue weighted by molar-refractivity contribution is -0.147. The Bertz CT molecular complexity index is 585. The summed E-state index contributed by atoms with van der Waals surface area (Å²) >= 11 is 0. The van der Waals surface area contributed by atoms with Crippen molar-refractivity contribution in [3.05, 3.63) is 29.3 Å². The summed E-state index contributed by atoms with van der Waals surface area (Å²) in [6.45, 7) is 1.63. The first-order valence-electron chi connectivity index (χ1n) is 6.67. The number of para-hydroxylation sites is 1. The third-order valence-electron chi connectivity index (χ3n) is 3.46. The highest BCUT2D eigenvalue weighted by molar-refractivity contribution is 5.99. The molecule has 7 nitrogen and oxygen atoms in total. The predicted octanol–water partition coefficient (Wildman–Crippen LogP) is 0.823. The Kier molecular flexibility index (Phi) is 5.91. The fraction of sp³-hybridized carbons (Fsp3) is 0.400. The maximum atomic E-state index is 12.0. The first kappa shape index (κ1) is 17.5. The van der Waals surface area contributed by atoms with Gasteiger partial charge in [-0.2, -0.15) is 0 Å². The molecule has 0 saturated carbocycles. The van der Waals surface area contributed by atoms with Crippen molar-refractivity contribution < 1.29 is 23.9 Å². The molecule has 1 rings (SSSR count). The molecule has 0 aromatic heterocycles. The largest absolute Gasteiger partial charge is 0.469 e. The van der Waals surface area contributed by atoms with Gasteiger partial charge in [0, 0.05) is 5.69 Å². The smallest absolute Gasteiger partial charge is 0.313 e. The van der Waals surface area contributed by atoms with Crippen LogP contribution in [0.1, 0.15) is 35.2 Å². The van der Waals surface area contributed by atoms with Crippen LogP contribution >= 0.6 is 0 Å². The topological polar surface area (TPSA) is 122 Å². The third-order valence-corrected chi connectivity index (χ3v) is 3.46. The molecule has 2 atom stereocenters. The monoisotopic (exact) mass is 308 g/mol. The molecule has 0 bridgehead atoms. The summed E-state index contributed by atoms with van der Waals surface area (Å²) in [5.74, 6) is -3.02. The van der Waals surface area contributed by atoms with Crippen molar-refractivity contribution in [1.29, 1.82) is 0 Å². The lowest BCUT2D eigenvalue weighted by Gasteiger charge is -2.20. The number of hydrogen-bond acceptors (Lipinski definition) is 6. The Balaban J connectivity index is 3.24. The normalized spacial score (nSPS) is 13.0. The minimum atomic E-state index is -0.793. The van der Waals surface area contributed by atoms with Gasteiger partial charge >= 0.3 is 11.9 Å². The maximum Gasteiger partial charge on any atom is 0.313 e. The number of rotatable bonds is 6. The van der Waals surface area contributed by atoms with Gasteiger partial charge in [-0.25, -0.2) is 0 Å². The van der Waals surface area contributed by atoms with Gasteiger partial charge in [0.2, 0.25) is 0 Å². The molecule has 0 heterocycles. The predicted molar refractivity (Wildman–Crippen MR) is 79.9 cm³/mol. The standard InChI is InChI=1S/C15H20N2O5/c1-8(14(19)21-2)7-11(15(20)22-3)9-5-4-6-10(12(9)16)13(17)18/h4-6,8,11H,7,16H2,1-3H3,(H2,17,18)/t8-,11-/m1/s1. The van der Waals surface area contributed by atoms with Crippen LogP contribution in [-0.4, -0.2) is 32.1 Å². The molecular weight excluding hydrogens is 288 g/mol. The molecule has 120 valence electrons. The number of methoxy groups -OCH3 is 2. The van der Waals surface area contributed by atoms with E-state index in [1.807, 2.05) is 0 Å². The van der Waals surface area contributed by atoms with Gasteiger partial charge in [-0.1, -0.05) is 19.1 Å². The van der Waals surface area contributed by atoms with Gasteiger partial charge in [0.1, 0.15) is 0 Å². The second-order valence-electron chi connectivity index (χ2n) is 4.91. The van der Waals surface area contributed by atoms with E-state index in [0.717, 1.165) is 0 Å². The van der Waals surface area contributed by atoms with Crippen LogP contribution in [0.25, 0.3) is 0 Å². The lowest BCUT2D eigenvalue weighted by atomic mass is 9.87. The summed E-state index contributed by atoms with van der Waals surface area (Å²) in [6, 6.07) is 4.65. The Hall–Kier alpha value is -2.57. The highest BCUT2D eigenvalue weighted by atomic mass is 16.5. The Morgan fingerprint density at radius 3 is 2.23 bits per heavy atom. The van der Waals surface area contributed by atoms with Gasteiger partial charge in [-0.3, -0.25) is 14.4 Å². The number of primary amides is 1. The molecule has 0 fully saturated rings. The molecule has 0 aliphatic carbocycles. The Labute approximate surface area is 128 Å². The zero-order chi connectivity index (χ0) is 16.9. The number of carbonyl (C=O) groups is 3. The third kappa shape index (κ3) is 3.75. The molecule has 0 radical (unpaired) electrons. The molecule has 0 saturated heterocycles. The number of hydrogen-bond donors (Lipinski definition) is 2. The van der Waals surface area contributed by atoms with Crippen molar-refractivity contribution in [2.24, 2.45) is 11.7 Å². The molecule has 4 N–H and O–H groups in total. The molecule has 0 aliphatic heterocycles. The van der Waals surface area contributed by atoms with Crippen LogP contribution in [0.4, 0.5) is 5.69 Å². The minimum absolute atomic E-state index is 0.113. The number of esters is 2. The van der Waals surface area contributed by atoms with Gasteiger partial charge < -0.3 is 20.9 Å². The van der Waals surface area contributed by atoms with Gasteiger partial charge in [-0.15, -0.1) is 0 Å². The van der Waals surface area contributed by atoms with Crippen molar-refractivity contribution in [2.45, 2.75) is 19.3 Å². The fourth-order valence-corrected chi connectivity index (χ4v) is 2.25. The van der Waals surface area contributed by atoms with E-state index in [4.69, 9.17) is 16.2 Å². The molecule has 0 spiro atoms. The molecule has 1 aromatic rings. The van der Waals surface area contributed by atoms with E-state index in [0.29, 0.717) is 5.56 Å². The Morgan fingerprint density at radius 1 is 1.14 bits per heavy atom. The average molecular weight is 308 g/mol. The number of carbonyl (C=O) groups excluding carboxylic acids is 3. The molecule has 1 aromatic carbocycles. The summed E-state index contributed by atoms with van der Waals surface area (Å²) in [7, 11) is 2.51. The summed E-state index contributed by atoms with van der Waals surface area (Å²) in [5, 5.41) is 0. The summed E-state index contributed by atoms with van der Waals surface area (Å²) < 4.78 is 9.43. The van der Waals surface area contributed by atoms with Crippen LogP contribution in [0.3, 0.4) is 0 Å². The number of ether oxygens (including phenoxy) is 2. The van der Waals surface area contributed by atoms with Gasteiger partial charge in [0.15, 0.2) is 0 Å². The number of amides is 1. The van der Waals surface area contributed by atoms with Crippen molar-refractivity contribution in [2.75, 3.05) is 20.0 Å². The van der Waals surface area contributed by atoms with Crippen molar-refractivity contribution in [3.8, 4) is 0 Å². The van der Waals surface area contributed by atoms with Crippen LogP contribution in [0.2, 0.25) is 0 Å². The number of nitrogens with two attached hydrogens (primary N) is 2. The van der Waals surface area contributed by atoms with E-state index in [9.17, 15) is 14.4 Å². The van der Waals surface area contributed by atoms with Gasteiger partial charge in [0.05, 0.1) is 31.6 Å². The summed E-state index contributed by atoms with van der Waals surface area (Å²) in [6.07, 6.45) is 0.145. The van der Waals surface area contributed by atoms with E-state index in [1.54, 1.807) is 19.1 Å². The van der Waals surface area contributed by atoms with Crippen LogP contribution in [0.5, 0.6) is 0 Å². The Morgan fingerprint density at radius 2 is 1.73 bits per heavy atom. The average Bonchev–Trinajstić information content (AvgIpc) is 2.51. The van der Waals surface area contributed by atoms with Crippen LogP contribution in [0.15, 0.2) is 18.2 Å². The first-order valence-corrected chi connectivity index (χ1v) is 6.67. The SMILES string of the molecule is COC(=O)[C@H](C)C[C@@H](C(=O)OC)c1cccc(C(N)=O)c1N.